The Kier molecular flexibility index (Phi) is 37.8. The van der Waals surface area contributed by atoms with E-state index in [-0.39, 0.29) is 19.4 Å². The van der Waals surface area contributed by atoms with Crippen molar-refractivity contribution in [1.82, 2.24) is 0 Å². The van der Waals surface area contributed by atoms with Gasteiger partial charge in [0.25, 0.3) is 0 Å². The lowest BCUT2D eigenvalue weighted by atomic mass is 10.1. The molecule has 0 aromatic carbocycles. The average Bonchev–Trinajstić information content (AvgIpc) is 3.17. The second-order valence-corrected chi connectivity index (χ2v) is 15.1. The summed E-state index contributed by atoms with van der Waals surface area (Å²) < 4.78 is 32.6. The summed E-state index contributed by atoms with van der Waals surface area (Å²) in [7, 11) is -4.64. The van der Waals surface area contributed by atoms with Crippen molar-refractivity contribution in [3.8, 4) is 0 Å². The van der Waals surface area contributed by atoms with Crippen molar-refractivity contribution in [1.29, 1.82) is 0 Å². The van der Waals surface area contributed by atoms with Gasteiger partial charge in [-0.05, 0) is 83.5 Å². The Morgan fingerprint density at radius 3 is 1.51 bits per heavy atom. The van der Waals surface area contributed by atoms with Crippen LogP contribution >= 0.6 is 7.82 Å². The van der Waals surface area contributed by atoms with Crippen LogP contribution in [-0.4, -0.2) is 65.7 Å². The van der Waals surface area contributed by atoms with Crippen LogP contribution in [-0.2, 0) is 32.7 Å². The summed E-state index contributed by atoms with van der Waals surface area (Å²) in [5.41, 5.74) is 0. The first-order valence-corrected chi connectivity index (χ1v) is 22.4. The summed E-state index contributed by atoms with van der Waals surface area (Å²) in [6.45, 7) is 2.22. The van der Waals surface area contributed by atoms with Crippen molar-refractivity contribution in [3.05, 3.63) is 72.9 Å². The summed E-state index contributed by atoms with van der Waals surface area (Å²) in [5.74, 6) is -1.04. The molecular formula is C44H75O10P. The van der Waals surface area contributed by atoms with Crippen LogP contribution in [0.25, 0.3) is 0 Å². The van der Waals surface area contributed by atoms with Crippen LogP contribution in [0.1, 0.15) is 155 Å². The number of phosphoric ester groups is 1. The fraction of sp³-hybridized carbons (Fsp3) is 0.682. The molecule has 0 aromatic rings. The van der Waals surface area contributed by atoms with E-state index in [9.17, 15) is 24.2 Å². The predicted molar refractivity (Wildman–Crippen MR) is 223 cm³/mol. The molecule has 10 nitrogen and oxygen atoms in total. The van der Waals surface area contributed by atoms with Crippen LogP contribution in [0.5, 0.6) is 0 Å². The highest BCUT2D eigenvalue weighted by molar-refractivity contribution is 7.47. The van der Waals surface area contributed by atoms with Gasteiger partial charge in [0.1, 0.15) is 12.7 Å². The second-order valence-electron chi connectivity index (χ2n) is 13.7. The number of unbranched alkanes of at least 4 members (excludes halogenated alkanes) is 12. The Morgan fingerprint density at radius 1 is 0.545 bits per heavy atom. The van der Waals surface area contributed by atoms with Crippen molar-refractivity contribution in [2.45, 2.75) is 167 Å². The van der Waals surface area contributed by atoms with Gasteiger partial charge in [-0.1, -0.05) is 132 Å². The fourth-order valence-electron chi connectivity index (χ4n) is 5.07. The van der Waals surface area contributed by atoms with E-state index < -0.39 is 51.8 Å². The van der Waals surface area contributed by atoms with Gasteiger partial charge in [-0.25, -0.2) is 4.57 Å². The third-order valence-electron chi connectivity index (χ3n) is 8.33. The maximum Gasteiger partial charge on any atom is 0.472 e. The fourth-order valence-corrected chi connectivity index (χ4v) is 5.86. The Labute approximate surface area is 333 Å². The molecule has 0 radical (unpaired) electrons. The minimum absolute atomic E-state index is 0.121. The standard InChI is InChI=1S/C44H75O10P/c1-3-5-7-9-11-13-15-17-19-20-22-23-25-27-29-31-33-35-43(47)51-39-42(40-53-55(49,50)52-38-41(46)37-45)54-44(48)36-34-32-30-28-26-24-21-18-16-14-12-10-8-6-4-2/h12,14,17-19,21-23,26-29,41-42,45-46H,3-11,13,15-16,20,24-25,30-40H2,1-2H3,(H,49,50)/b14-12+,19-17+,21-18+,23-22+,28-26+,29-27+/t41-,42+/m0/s1. The topological polar surface area (TPSA) is 149 Å². The average molecular weight is 795 g/mol. The van der Waals surface area contributed by atoms with Gasteiger partial charge in [-0.15, -0.1) is 0 Å². The number of phosphoric acid groups is 1. The number of allylic oxidation sites excluding steroid dienone is 12. The predicted octanol–water partition coefficient (Wildman–Crippen LogP) is 10.9. The number of ether oxygens (including phenoxy) is 2. The SMILES string of the molecule is CCCCC/C=C/C/C=C/C/C=C/CCCCC(=O)O[C@H](COC(=O)CCC/C=C/C/C=C/C/C=C/CCCCCCCC)COP(=O)(O)OC[C@@H](O)CO. The molecule has 3 N–H and O–H groups in total. The lowest BCUT2D eigenvalue weighted by molar-refractivity contribution is -0.161. The molecule has 0 aliphatic heterocycles. The molecule has 0 heterocycles. The maximum absolute atomic E-state index is 12.6. The quantitative estimate of drug-likeness (QED) is 0.0239. The van der Waals surface area contributed by atoms with Crippen molar-refractivity contribution in [2.75, 3.05) is 26.4 Å². The van der Waals surface area contributed by atoms with Gasteiger partial charge in [-0.3, -0.25) is 18.6 Å². The van der Waals surface area contributed by atoms with Gasteiger partial charge in [0.05, 0.1) is 19.8 Å². The summed E-state index contributed by atoms with van der Waals surface area (Å²) in [6.07, 6.45) is 44.5. The molecule has 55 heavy (non-hydrogen) atoms. The van der Waals surface area contributed by atoms with Crippen molar-refractivity contribution in [2.24, 2.45) is 0 Å². The van der Waals surface area contributed by atoms with E-state index in [0.29, 0.717) is 19.3 Å². The number of rotatable bonds is 38. The third-order valence-corrected chi connectivity index (χ3v) is 9.28. The zero-order valence-corrected chi connectivity index (χ0v) is 35.0. The van der Waals surface area contributed by atoms with Gasteiger partial charge < -0.3 is 24.6 Å². The molecule has 0 fully saturated rings. The molecule has 0 amide bonds. The molecule has 11 heteroatoms. The number of hydrogen-bond donors (Lipinski definition) is 3. The molecule has 0 aliphatic carbocycles. The first-order chi connectivity index (χ1) is 26.7. The normalized spacial score (nSPS) is 14.6. The van der Waals surface area contributed by atoms with Gasteiger partial charge in [0.2, 0.25) is 0 Å². The van der Waals surface area contributed by atoms with Crippen molar-refractivity contribution >= 4 is 19.8 Å². The molecule has 0 aromatic heterocycles. The van der Waals surface area contributed by atoms with Crippen LogP contribution in [0.3, 0.4) is 0 Å². The van der Waals surface area contributed by atoms with Gasteiger partial charge in [0.15, 0.2) is 6.10 Å². The van der Waals surface area contributed by atoms with Crippen molar-refractivity contribution in [3.63, 3.8) is 0 Å². The van der Waals surface area contributed by atoms with E-state index in [1.807, 2.05) is 6.08 Å². The van der Waals surface area contributed by atoms with Crippen LogP contribution in [0.15, 0.2) is 72.9 Å². The molecule has 3 atom stereocenters. The Bertz CT molecular complexity index is 1140. The molecule has 0 saturated carbocycles. The molecule has 316 valence electrons. The number of aliphatic hydroxyl groups is 2. The van der Waals surface area contributed by atoms with Gasteiger partial charge >= 0.3 is 19.8 Å². The van der Waals surface area contributed by atoms with E-state index in [0.717, 1.165) is 51.4 Å². The molecule has 1 unspecified atom stereocenters. The first kappa shape index (κ1) is 52.4. The molecule has 0 aliphatic rings. The minimum Gasteiger partial charge on any atom is -0.462 e. The largest absolute Gasteiger partial charge is 0.472 e. The molecule has 0 spiro atoms. The molecule has 0 rings (SSSR count). The number of esters is 2. The van der Waals surface area contributed by atoms with E-state index in [4.69, 9.17) is 19.1 Å². The lowest BCUT2D eigenvalue weighted by Crippen LogP contribution is -2.29. The van der Waals surface area contributed by atoms with Crippen LogP contribution < -0.4 is 0 Å². The minimum atomic E-state index is -4.64. The second kappa shape index (κ2) is 39.6. The third kappa shape index (κ3) is 39.4. The van der Waals surface area contributed by atoms with Crippen LogP contribution in [0.4, 0.5) is 0 Å². The van der Waals surface area contributed by atoms with E-state index in [1.54, 1.807) is 0 Å². The zero-order valence-electron chi connectivity index (χ0n) is 34.1. The Morgan fingerprint density at radius 2 is 0.964 bits per heavy atom. The van der Waals surface area contributed by atoms with Crippen molar-refractivity contribution < 1.29 is 47.8 Å². The summed E-state index contributed by atoms with van der Waals surface area (Å²) in [5, 5.41) is 18.3. The Balaban J connectivity index is 4.49. The lowest BCUT2D eigenvalue weighted by Gasteiger charge is -2.20. The number of hydrogen-bond acceptors (Lipinski definition) is 9. The number of aliphatic hydroxyl groups excluding tert-OH is 2. The monoisotopic (exact) mass is 795 g/mol. The summed E-state index contributed by atoms with van der Waals surface area (Å²) >= 11 is 0. The number of carbonyl (C=O) groups is 2. The van der Waals surface area contributed by atoms with E-state index in [1.165, 1.54) is 57.8 Å². The zero-order chi connectivity index (χ0) is 40.5. The Hall–Kier alpha value is -2.59. The number of carbonyl (C=O) groups excluding carboxylic acids is 2. The van der Waals surface area contributed by atoms with Crippen LogP contribution in [0.2, 0.25) is 0 Å². The molecule has 0 saturated heterocycles. The van der Waals surface area contributed by atoms with E-state index in [2.05, 4.69) is 85.2 Å². The smallest absolute Gasteiger partial charge is 0.462 e. The highest BCUT2D eigenvalue weighted by Crippen LogP contribution is 2.43. The van der Waals surface area contributed by atoms with E-state index >= 15 is 0 Å². The van der Waals surface area contributed by atoms with Gasteiger partial charge in [0, 0.05) is 12.8 Å². The van der Waals surface area contributed by atoms with Gasteiger partial charge in [-0.2, -0.15) is 0 Å². The maximum atomic E-state index is 12.6. The molecule has 0 bridgehead atoms. The summed E-state index contributed by atoms with van der Waals surface area (Å²) in [6, 6.07) is 0. The first-order valence-electron chi connectivity index (χ1n) is 20.9. The summed E-state index contributed by atoms with van der Waals surface area (Å²) in [4.78, 5) is 34.9. The van der Waals surface area contributed by atoms with Crippen LogP contribution in [0, 0.1) is 0 Å². The highest BCUT2D eigenvalue weighted by Gasteiger charge is 2.27. The molecular weight excluding hydrogens is 719 g/mol. The highest BCUT2D eigenvalue weighted by atomic mass is 31.2.